The van der Waals surface area contributed by atoms with E-state index in [1.165, 1.54) is 6.20 Å². The summed E-state index contributed by atoms with van der Waals surface area (Å²) in [6, 6.07) is 5.46. The van der Waals surface area contributed by atoms with Gasteiger partial charge in [0.25, 0.3) is 5.91 Å². The molecule has 0 saturated heterocycles. The fraction of sp³-hybridized carbons (Fsp3) is 0.267. The van der Waals surface area contributed by atoms with Crippen LogP contribution in [0.1, 0.15) is 33.3 Å². The van der Waals surface area contributed by atoms with Gasteiger partial charge < -0.3 is 9.88 Å². The van der Waals surface area contributed by atoms with E-state index in [2.05, 4.69) is 9.97 Å². The van der Waals surface area contributed by atoms with Crippen LogP contribution in [0.15, 0.2) is 36.8 Å². The molecule has 5 heteroatoms. The first-order valence-corrected chi connectivity index (χ1v) is 6.56. The van der Waals surface area contributed by atoms with Crippen molar-refractivity contribution in [3.63, 3.8) is 0 Å². The Hall–Kier alpha value is -2.43. The van der Waals surface area contributed by atoms with Crippen LogP contribution >= 0.6 is 0 Å². The second-order valence-electron chi connectivity index (χ2n) is 4.45. The van der Waals surface area contributed by atoms with Crippen LogP contribution in [0.2, 0.25) is 0 Å². The van der Waals surface area contributed by atoms with Crippen LogP contribution in [0.25, 0.3) is 0 Å². The average Bonchev–Trinajstić information content (AvgIpc) is 2.97. The molecule has 0 spiro atoms. The Morgan fingerprint density at radius 3 is 2.75 bits per heavy atom. The van der Waals surface area contributed by atoms with Crippen molar-refractivity contribution in [2.24, 2.45) is 0 Å². The number of rotatable bonds is 6. The van der Waals surface area contributed by atoms with E-state index in [4.69, 9.17) is 0 Å². The Bertz CT molecular complexity index is 578. The number of carbonyl (C=O) groups excluding carboxylic acids is 2. The molecule has 2 aromatic heterocycles. The van der Waals surface area contributed by atoms with Crippen molar-refractivity contribution in [1.29, 1.82) is 0 Å². The van der Waals surface area contributed by atoms with E-state index in [0.29, 0.717) is 24.3 Å². The highest BCUT2D eigenvalue weighted by molar-refractivity contribution is 5.94. The minimum Gasteiger partial charge on any atom is -0.356 e. The molecule has 1 amide bonds. The minimum absolute atomic E-state index is 0.0883. The van der Waals surface area contributed by atoms with Crippen molar-refractivity contribution < 1.29 is 9.59 Å². The molecule has 0 radical (unpaired) electrons. The normalized spacial score (nSPS) is 10.2. The average molecular weight is 271 g/mol. The molecule has 2 rings (SSSR count). The van der Waals surface area contributed by atoms with Gasteiger partial charge in [-0.2, -0.15) is 0 Å². The number of H-pyrrole nitrogens is 1. The topological polar surface area (TPSA) is 66.1 Å². The fourth-order valence-electron chi connectivity index (χ4n) is 1.99. The zero-order valence-corrected chi connectivity index (χ0v) is 11.4. The number of hydrogen-bond acceptors (Lipinski definition) is 3. The molecule has 0 bridgehead atoms. The molecule has 0 aromatic carbocycles. The summed E-state index contributed by atoms with van der Waals surface area (Å²) in [7, 11) is 0. The first-order chi connectivity index (χ1) is 9.74. The van der Waals surface area contributed by atoms with Crippen LogP contribution in [-0.4, -0.2) is 40.2 Å². The van der Waals surface area contributed by atoms with Crippen molar-refractivity contribution in [2.45, 2.75) is 13.3 Å². The van der Waals surface area contributed by atoms with E-state index >= 15 is 0 Å². The summed E-state index contributed by atoms with van der Waals surface area (Å²) in [5.74, 6) is -0.0883. The smallest absolute Gasteiger partial charge is 0.270 e. The molecule has 0 aliphatic rings. The van der Waals surface area contributed by atoms with E-state index in [-0.39, 0.29) is 5.91 Å². The van der Waals surface area contributed by atoms with Crippen LogP contribution < -0.4 is 0 Å². The van der Waals surface area contributed by atoms with Crippen LogP contribution in [0.5, 0.6) is 0 Å². The molecule has 0 aliphatic carbocycles. The minimum atomic E-state index is -0.0883. The van der Waals surface area contributed by atoms with Crippen molar-refractivity contribution in [1.82, 2.24) is 14.9 Å². The van der Waals surface area contributed by atoms with Gasteiger partial charge in [0.2, 0.25) is 0 Å². The van der Waals surface area contributed by atoms with E-state index < -0.39 is 0 Å². The lowest BCUT2D eigenvalue weighted by Gasteiger charge is -2.20. The summed E-state index contributed by atoms with van der Waals surface area (Å²) < 4.78 is 0. The predicted molar refractivity (Wildman–Crippen MR) is 75.7 cm³/mol. The number of hydrogen-bond donors (Lipinski definition) is 1. The molecular formula is C15H17N3O2. The second-order valence-corrected chi connectivity index (χ2v) is 4.45. The zero-order chi connectivity index (χ0) is 14.4. The number of carbonyl (C=O) groups is 2. The number of amides is 1. The Morgan fingerprint density at radius 2 is 2.15 bits per heavy atom. The van der Waals surface area contributed by atoms with Gasteiger partial charge in [0.05, 0.1) is 0 Å². The number of likely N-dealkylation sites (N-methyl/N-ethyl adjacent to an activating group) is 1. The van der Waals surface area contributed by atoms with Crippen molar-refractivity contribution in [3.8, 4) is 0 Å². The Balaban J connectivity index is 2.00. The quantitative estimate of drug-likeness (QED) is 0.816. The van der Waals surface area contributed by atoms with E-state index in [0.717, 1.165) is 18.3 Å². The summed E-state index contributed by atoms with van der Waals surface area (Å²) in [5, 5.41) is 0. The highest BCUT2D eigenvalue weighted by Gasteiger charge is 2.15. The third-order valence-corrected chi connectivity index (χ3v) is 3.16. The number of aldehydes is 1. The maximum Gasteiger partial charge on any atom is 0.270 e. The summed E-state index contributed by atoms with van der Waals surface area (Å²) in [4.78, 5) is 31.5. The fourth-order valence-corrected chi connectivity index (χ4v) is 1.99. The molecule has 5 nitrogen and oxygen atoms in total. The molecular weight excluding hydrogens is 254 g/mol. The van der Waals surface area contributed by atoms with Gasteiger partial charge in [0, 0.05) is 37.2 Å². The molecule has 2 aromatic rings. The second kappa shape index (κ2) is 6.65. The lowest BCUT2D eigenvalue weighted by molar-refractivity contribution is 0.0761. The number of aromatic nitrogens is 2. The SMILES string of the molecule is CCN(CCc1ccncc1)C(=O)c1cc(C=O)c[nH]1. The van der Waals surface area contributed by atoms with Gasteiger partial charge in [0.15, 0.2) is 6.29 Å². The van der Waals surface area contributed by atoms with E-state index in [9.17, 15) is 9.59 Å². The summed E-state index contributed by atoms with van der Waals surface area (Å²) >= 11 is 0. The molecule has 20 heavy (non-hydrogen) atoms. The van der Waals surface area contributed by atoms with Crippen molar-refractivity contribution in [2.75, 3.05) is 13.1 Å². The van der Waals surface area contributed by atoms with Gasteiger partial charge in [-0.15, -0.1) is 0 Å². The van der Waals surface area contributed by atoms with E-state index in [1.54, 1.807) is 23.4 Å². The van der Waals surface area contributed by atoms with Crippen molar-refractivity contribution in [3.05, 3.63) is 53.6 Å². The maximum absolute atomic E-state index is 12.3. The third kappa shape index (κ3) is 3.32. The third-order valence-electron chi connectivity index (χ3n) is 3.16. The Kier molecular flexibility index (Phi) is 4.65. The highest BCUT2D eigenvalue weighted by Crippen LogP contribution is 2.07. The van der Waals surface area contributed by atoms with Gasteiger partial charge in [-0.3, -0.25) is 14.6 Å². The number of pyridine rings is 1. The summed E-state index contributed by atoms with van der Waals surface area (Å²) in [6.45, 7) is 3.20. The molecule has 0 unspecified atom stereocenters. The molecule has 0 atom stereocenters. The molecule has 0 fully saturated rings. The monoisotopic (exact) mass is 271 g/mol. The maximum atomic E-state index is 12.3. The molecule has 0 aliphatic heterocycles. The molecule has 0 saturated carbocycles. The van der Waals surface area contributed by atoms with Crippen LogP contribution in [0.4, 0.5) is 0 Å². The zero-order valence-electron chi connectivity index (χ0n) is 11.4. The Labute approximate surface area is 117 Å². The van der Waals surface area contributed by atoms with Gasteiger partial charge in [-0.25, -0.2) is 0 Å². The molecule has 1 N–H and O–H groups in total. The standard InChI is InChI=1S/C15H17N3O2/c1-2-18(8-5-12-3-6-16-7-4-12)15(20)14-9-13(11-19)10-17-14/h3-4,6-7,9-11,17H,2,5,8H2,1H3. The first kappa shape index (κ1) is 14.0. The highest BCUT2D eigenvalue weighted by atomic mass is 16.2. The van der Waals surface area contributed by atoms with Crippen LogP contribution in [0, 0.1) is 0 Å². The first-order valence-electron chi connectivity index (χ1n) is 6.56. The van der Waals surface area contributed by atoms with Crippen molar-refractivity contribution >= 4 is 12.2 Å². The van der Waals surface area contributed by atoms with E-state index in [1.807, 2.05) is 19.1 Å². The summed E-state index contributed by atoms with van der Waals surface area (Å²) in [5.41, 5.74) is 2.08. The van der Waals surface area contributed by atoms with Gasteiger partial charge >= 0.3 is 0 Å². The predicted octanol–water partition coefficient (Wildman–Crippen LogP) is 1.93. The largest absolute Gasteiger partial charge is 0.356 e. The van der Waals surface area contributed by atoms with Crippen LogP contribution in [0.3, 0.4) is 0 Å². The van der Waals surface area contributed by atoms with Gasteiger partial charge in [-0.1, -0.05) is 0 Å². The van der Waals surface area contributed by atoms with Crippen LogP contribution in [-0.2, 0) is 6.42 Å². The van der Waals surface area contributed by atoms with Gasteiger partial charge in [0.1, 0.15) is 5.69 Å². The van der Waals surface area contributed by atoms with Gasteiger partial charge in [-0.05, 0) is 37.1 Å². The lowest BCUT2D eigenvalue weighted by Crippen LogP contribution is -2.33. The number of nitrogens with one attached hydrogen (secondary N) is 1. The Morgan fingerprint density at radius 1 is 1.40 bits per heavy atom. The summed E-state index contributed by atoms with van der Waals surface area (Å²) in [6.07, 6.45) is 6.53. The molecule has 2 heterocycles. The molecule has 104 valence electrons. The number of aromatic amines is 1. The lowest BCUT2D eigenvalue weighted by atomic mass is 10.2. The number of nitrogens with zero attached hydrogens (tertiary/aromatic N) is 2.